The number of nitrogens with zero attached hydrogens (tertiary/aromatic N) is 1. The zero-order valence-corrected chi connectivity index (χ0v) is 21.6. The van der Waals surface area contributed by atoms with E-state index in [-0.39, 0.29) is 23.8 Å². The van der Waals surface area contributed by atoms with Gasteiger partial charge in [0, 0.05) is 33.5 Å². The van der Waals surface area contributed by atoms with Gasteiger partial charge in [-0.05, 0) is 36.6 Å². The Bertz CT molecular complexity index is 1670. The van der Waals surface area contributed by atoms with Crippen LogP contribution in [-0.4, -0.2) is 33.8 Å². The summed E-state index contributed by atoms with van der Waals surface area (Å²) < 4.78 is 5.55. The summed E-state index contributed by atoms with van der Waals surface area (Å²) in [4.78, 5) is 46.3. The molecule has 2 aromatic heterocycles. The van der Waals surface area contributed by atoms with Crippen LogP contribution in [0.25, 0.3) is 22.2 Å². The number of hydrogen-bond acceptors (Lipinski definition) is 6. The fourth-order valence-corrected chi connectivity index (χ4v) is 4.95. The molecule has 9 heteroatoms. The highest BCUT2D eigenvalue weighted by Crippen LogP contribution is 2.28. The van der Waals surface area contributed by atoms with Gasteiger partial charge < -0.3 is 15.0 Å². The predicted molar refractivity (Wildman–Crippen MR) is 150 cm³/mol. The van der Waals surface area contributed by atoms with Gasteiger partial charge in [0.2, 0.25) is 0 Å². The molecule has 0 saturated heterocycles. The molecule has 0 atom stereocenters. The number of hydrogen-bond donors (Lipinski definition) is 3. The third-order valence-corrected chi connectivity index (χ3v) is 7.19. The number of para-hydroxylation sites is 1. The quantitative estimate of drug-likeness (QED) is 0.217. The second kappa shape index (κ2) is 10.5. The Labute approximate surface area is 228 Å². The Hall–Kier alpha value is -4.76. The molecule has 5 aromatic rings. The van der Waals surface area contributed by atoms with Crippen molar-refractivity contribution < 1.29 is 19.1 Å². The molecule has 1 aliphatic rings. The number of nitrogens with one attached hydrogen (secondary N) is 3. The zero-order valence-electron chi connectivity index (χ0n) is 20.8. The van der Waals surface area contributed by atoms with E-state index in [1.165, 1.54) is 11.3 Å². The summed E-state index contributed by atoms with van der Waals surface area (Å²) in [6.45, 7) is 0.0944. The normalized spacial score (nSPS) is 12.7. The first-order valence-electron chi connectivity index (χ1n) is 12.5. The van der Waals surface area contributed by atoms with Gasteiger partial charge in [0.25, 0.3) is 11.8 Å². The van der Waals surface area contributed by atoms with Crippen molar-refractivity contribution in [3.05, 3.63) is 107 Å². The van der Waals surface area contributed by atoms with E-state index < -0.39 is 11.9 Å². The molecule has 0 spiro atoms. The molecule has 2 amide bonds. The van der Waals surface area contributed by atoms with Gasteiger partial charge in [-0.1, -0.05) is 60.7 Å². The number of aromatic amines is 1. The molecule has 0 radical (unpaired) electrons. The Balaban J connectivity index is 1.19. The summed E-state index contributed by atoms with van der Waals surface area (Å²) in [7, 11) is 0. The maximum atomic E-state index is 13.3. The van der Waals surface area contributed by atoms with Gasteiger partial charge in [-0.2, -0.15) is 0 Å². The van der Waals surface area contributed by atoms with Crippen molar-refractivity contribution >= 4 is 45.2 Å². The molecule has 8 nitrogen and oxygen atoms in total. The molecule has 1 fully saturated rings. The predicted octanol–water partition coefficient (Wildman–Crippen LogP) is 5.79. The fourth-order valence-electron chi connectivity index (χ4n) is 4.23. The number of thiazole rings is 1. The molecule has 0 unspecified atom stereocenters. The number of anilines is 1. The molecule has 39 heavy (non-hydrogen) atoms. The van der Waals surface area contributed by atoms with Crippen LogP contribution in [0.4, 0.5) is 5.13 Å². The highest BCUT2D eigenvalue weighted by atomic mass is 32.1. The second-order valence-electron chi connectivity index (χ2n) is 9.30. The van der Waals surface area contributed by atoms with E-state index in [0.29, 0.717) is 33.3 Å². The van der Waals surface area contributed by atoms with Crippen LogP contribution >= 0.6 is 11.3 Å². The number of aromatic nitrogens is 2. The minimum Gasteiger partial charge on any atom is -0.457 e. The summed E-state index contributed by atoms with van der Waals surface area (Å²) in [5.74, 6) is -1.16. The molecule has 3 N–H and O–H groups in total. The van der Waals surface area contributed by atoms with E-state index in [2.05, 4.69) is 20.6 Å². The maximum absolute atomic E-state index is 13.3. The van der Waals surface area contributed by atoms with E-state index >= 15 is 0 Å². The molecule has 2 heterocycles. The molecule has 3 aromatic carbocycles. The van der Waals surface area contributed by atoms with E-state index in [9.17, 15) is 14.4 Å². The van der Waals surface area contributed by atoms with E-state index in [0.717, 1.165) is 24.0 Å². The van der Waals surface area contributed by atoms with Crippen molar-refractivity contribution in [2.45, 2.75) is 25.5 Å². The number of esters is 1. The number of ether oxygens (including phenoxy) is 1. The van der Waals surface area contributed by atoms with Gasteiger partial charge in [-0.15, -0.1) is 11.3 Å². The number of carbonyl (C=O) groups excluding carboxylic acids is 3. The summed E-state index contributed by atoms with van der Waals surface area (Å²) in [5, 5.41) is 8.59. The molecular weight excluding hydrogens is 512 g/mol. The first-order chi connectivity index (χ1) is 19.0. The van der Waals surface area contributed by atoms with Crippen LogP contribution in [0, 0.1) is 0 Å². The first kappa shape index (κ1) is 24.6. The lowest BCUT2D eigenvalue weighted by Crippen LogP contribution is -2.25. The van der Waals surface area contributed by atoms with Gasteiger partial charge in [-0.25, -0.2) is 9.78 Å². The maximum Gasteiger partial charge on any atom is 0.341 e. The number of carbonyl (C=O) groups is 3. The van der Waals surface area contributed by atoms with Crippen LogP contribution in [0.15, 0.2) is 84.2 Å². The number of H-pyrrole nitrogens is 1. The Morgan fingerprint density at radius 3 is 2.44 bits per heavy atom. The average Bonchev–Trinajstić information content (AvgIpc) is 3.51. The van der Waals surface area contributed by atoms with E-state index in [1.54, 1.807) is 30.3 Å². The van der Waals surface area contributed by atoms with E-state index in [1.807, 2.05) is 53.9 Å². The third kappa shape index (κ3) is 5.44. The zero-order chi connectivity index (χ0) is 26.8. The molecule has 1 saturated carbocycles. The highest BCUT2D eigenvalue weighted by Gasteiger charge is 2.26. The Morgan fingerprint density at radius 1 is 0.923 bits per heavy atom. The summed E-state index contributed by atoms with van der Waals surface area (Å²) in [6.07, 6.45) is 2.07. The molecule has 0 bridgehead atoms. The third-order valence-electron chi connectivity index (χ3n) is 6.43. The van der Waals surface area contributed by atoms with E-state index in [4.69, 9.17) is 4.74 Å². The standard InChI is InChI=1S/C30H24N4O4S/c35-27(31-21-14-15-21)20-12-10-19(11-13-20)24-17-39-30(33-24)34-28(36)26-25(22-8-4-5-9-23(22)32-26)29(37)38-16-18-6-2-1-3-7-18/h1-13,17,21,32H,14-16H2,(H,31,35)(H,33,34,36). The summed E-state index contributed by atoms with van der Waals surface area (Å²) >= 11 is 1.27. The van der Waals surface area contributed by atoms with Crippen molar-refractivity contribution in [2.75, 3.05) is 5.32 Å². The summed E-state index contributed by atoms with van der Waals surface area (Å²) in [5.41, 5.74) is 3.88. The molecular formula is C30H24N4O4S. The minimum absolute atomic E-state index is 0.0771. The van der Waals surface area contributed by atoms with Crippen LogP contribution in [0.5, 0.6) is 0 Å². The van der Waals surface area contributed by atoms with Crippen molar-refractivity contribution in [3.63, 3.8) is 0 Å². The van der Waals surface area contributed by atoms with Gasteiger partial charge in [0.15, 0.2) is 5.13 Å². The second-order valence-corrected chi connectivity index (χ2v) is 10.2. The lowest BCUT2D eigenvalue weighted by atomic mass is 10.1. The lowest BCUT2D eigenvalue weighted by molar-refractivity contribution is 0.0472. The highest BCUT2D eigenvalue weighted by molar-refractivity contribution is 7.14. The van der Waals surface area contributed by atoms with Crippen molar-refractivity contribution in [1.29, 1.82) is 0 Å². The Morgan fingerprint density at radius 2 is 1.67 bits per heavy atom. The van der Waals surface area contributed by atoms with Gasteiger partial charge in [0.1, 0.15) is 12.3 Å². The summed E-state index contributed by atoms with van der Waals surface area (Å²) in [6, 6.07) is 24.1. The van der Waals surface area contributed by atoms with Crippen molar-refractivity contribution in [2.24, 2.45) is 0 Å². The minimum atomic E-state index is -0.591. The van der Waals surface area contributed by atoms with Crippen LogP contribution in [-0.2, 0) is 11.3 Å². The number of benzene rings is 3. The fraction of sp³-hybridized carbons (Fsp3) is 0.133. The van der Waals surface area contributed by atoms with Gasteiger partial charge in [0.05, 0.1) is 11.3 Å². The molecule has 6 rings (SSSR count). The van der Waals surface area contributed by atoms with Crippen LogP contribution in [0.2, 0.25) is 0 Å². The molecule has 1 aliphatic carbocycles. The number of fused-ring (bicyclic) bond motifs is 1. The molecule has 0 aliphatic heterocycles. The average molecular weight is 537 g/mol. The Kier molecular flexibility index (Phi) is 6.64. The van der Waals surface area contributed by atoms with Crippen molar-refractivity contribution in [3.8, 4) is 11.3 Å². The van der Waals surface area contributed by atoms with Crippen LogP contribution in [0.3, 0.4) is 0 Å². The first-order valence-corrected chi connectivity index (χ1v) is 13.4. The van der Waals surface area contributed by atoms with Gasteiger partial charge >= 0.3 is 5.97 Å². The lowest BCUT2D eigenvalue weighted by Gasteiger charge is -2.07. The number of amides is 2. The van der Waals surface area contributed by atoms with Crippen molar-refractivity contribution in [1.82, 2.24) is 15.3 Å². The largest absolute Gasteiger partial charge is 0.457 e. The van der Waals surface area contributed by atoms with Crippen LogP contribution in [0.1, 0.15) is 49.6 Å². The molecule has 194 valence electrons. The smallest absolute Gasteiger partial charge is 0.341 e. The van der Waals surface area contributed by atoms with Gasteiger partial charge in [-0.3, -0.25) is 14.9 Å². The topological polar surface area (TPSA) is 113 Å². The SMILES string of the molecule is O=C(NC1CC1)c1ccc(-c2csc(NC(=O)c3[nH]c4ccccc4c3C(=O)OCc3ccccc3)n2)cc1. The van der Waals surface area contributed by atoms with Crippen LogP contribution < -0.4 is 10.6 Å². The monoisotopic (exact) mass is 536 g/mol. The number of rotatable bonds is 8.